The summed E-state index contributed by atoms with van der Waals surface area (Å²) in [5.74, 6) is -1.00. The van der Waals surface area contributed by atoms with E-state index >= 15 is 0 Å². The fraction of sp³-hybridized carbons (Fsp3) is 0.273. The van der Waals surface area contributed by atoms with Crippen molar-refractivity contribution in [2.75, 3.05) is 19.0 Å². The summed E-state index contributed by atoms with van der Waals surface area (Å²) >= 11 is 0. The molecule has 1 aromatic rings. The van der Waals surface area contributed by atoms with Crippen LogP contribution < -0.4 is 5.32 Å². The van der Waals surface area contributed by atoms with E-state index in [4.69, 9.17) is 4.74 Å². The number of ether oxygens (including phenoxy) is 1. The SMILES string of the molecule is COCCc1cccc2c1NC(=O)C2=O. The lowest BCUT2D eigenvalue weighted by Crippen LogP contribution is -2.12. The second kappa shape index (κ2) is 3.82. The van der Waals surface area contributed by atoms with E-state index in [1.807, 2.05) is 6.07 Å². The fourth-order valence-corrected chi connectivity index (χ4v) is 1.65. The molecule has 0 aromatic heterocycles. The zero-order chi connectivity index (χ0) is 10.8. The van der Waals surface area contributed by atoms with Gasteiger partial charge in [0.2, 0.25) is 0 Å². The van der Waals surface area contributed by atoms with E-state index < -0.39 is 11.7 Å². The van der Waals surface area contributed by atoms with Gasteiger partial charge in [-0.15, -0.1) is 0 Å². The summed E-state index contributed by atoms with van der Waals surface area (Å²) in [5.41, 5.74) is 2.05. The number of Topliss-reactive ketones (excluding diaryl/α,β-unsaturated/α-hetero) is 1. The number of amides is 1. The van der Waals surface area contributed by atoms with Crippen molar-refractivity contribution in [2.24, 2.45) is 0 Å². The van der Waals surface area contributed by atoms with E-state index in [-0.39, 0.29) is 0 Å². The van der Waals surface area contributed by atoms with Crippen LogP contribution in [0.2, 0.25) is 0 Å². The number of benzene rings is 1. The summed E-state index contributed by atoms with van der Waals surface area (Å²) < 4.78 is 4.96. The van der Waals surface area contributed by atoms with Crippen LogP contribution in [0.3, 0.4) is 0 Å². The van der Waals surface area contributed by atoms with Crippen LogP contribution in [0.5, 0.6) is 0 Å². The topological polar surface area (TPSA) is 55.4 Å². The smallest absolute Gasteiger partial charge is 0.296 e. The highest BCUT2D eigenvalue weighted by Crippen LogP contribution is 2.27. The van der Waals surface area contributed by atoms with Crippen molar-refractivity contribution in [2.45, 2.75) is 6.42 Å². The number of methoxy groups -OCH3 is 1. The Hall–Kier alpha value is -1.68. The van der Waals surface area contributed by atoms with Gasteiger partial charge in [0.15, 0.2) is 0 Å². The van der Waals surface area contributed by atoms with Gasteiger partial charge in [0, 0.05) is 7.11 Å². The van der Waals surface area contributed by atoms with Gasteiger partial charge in [-0.3, -0.25) is 9.59 Å². The van der Waals surface area contributed by atoms with Gasteiger partial charge in [-0.2, -0.15) is 0 Å². The maximum absolute atomic E-state index is 11.4. The van der Waals surface area contributed by atoms with Crippen molar-refractivity contribution in [3.63, 3.8) is 0 Å². The van der Waals surface area contributed by atoms with Crippen molar-refractivity contribution in [3.05, 3.63) is 29.3 Å². The number of fused-ring (bicyclic) bond motifs is 1. The molecule has 78 valence electrons. The Morgan fingerprint density at radius 2 is 2.13 bits per heavy atom. The number of hydrogen-bond acceptors (Lipinski definition) is 3. The average Bonchev–Trinajstić information content (AvgIpc) is 2.53. The molecule has 1 amide bonds. The van der Waals surface area contributed by atoms with Gasteiger partial charge in [-0.25, -0.2) is 0 Å². The van der Waals surface area contributed by atoms with Crippen LogP contribution in [0.4, 0.5) is 5.69 Å². The first-order chi connectivity index (χ1) is 7.24. The van der Waals surface area contributed by atoms with Crippen LogP contribution in [-0.2, 0) is 16.0 Å². The van der Waals surface area contributed by atoms with Gasteiger partial charge in [0.25, 0.3) is 11.7 Å². The Bertz CT molecular complexity index is 426. The summed E-state index contributed by atoms with van der Waals surface area (Å²) in [4.78, 5) is 22.5. The molecule has 0 fully saturated rings. The van der Waals surface area contributed by atoms with Crippen LogP contribution in [-0.4, -0.2) is 25.4 Å². The van der Waals surface area contributed by atoms with Crippen LogP contribution >= 0.6 is 0 Å². The highest BCUT2D eigenvalue weighted by atomic mass is 16.5. The molecule has 0 spiro atoms. The maximum atomic E-state index is 11.4. The number of nitrogens with one attached hydrogen (secondary N) is 1. The molecule has 2 rings (SSSR count). The van der Waals surface area contributed by atoms with Gasteiger partial charge in [-0.05, 0) is 18.1 Å². The maximum Gasteiger partial charge on any atom is 0.296 e. The number of carbonyl (C=O) groups is 2. The minimum Gasteiger partial charge on any atom is -0.384 e. The third-order valence-electron chi connectivity index (χ3n) is 2.42. The van der Waals surface area contributed by atoms with Gasteiger partial charge in [-0.1, -0.05) is 12.1 Å². The van der Waals surface area contributed by atoms with Gasteiger partial charge < -0.3 is 10.1 Å². The van der Waals surface area contributed by atoms with E-state index in [1.54, 1.807) is 19.2 Å². The number of anilines is 1. The van der Waals surface area contributed by atoms with E-state index in [9.17, 15) is 9.59 Å². The molecule has 1 N–H and O–H groups in total. The Morgan fingerprint density at radius 3 is 2.87 bits per heavy atom. The lowest BCUT2D eigenvalue weighted by Gasteiger charge is -2.05. The molecule has 0 atom stereocenters. The van der Waals surface area contributed by atoms with Crippen molar-refractivity contribution in [1.29, 1.82) is 0 Å². The molecule has 1 aliphatic heterocycles. The Morgan fingerprint density at radius 1 is 1.33 bits per heavy atom. The molecule has 4 heteroatoms. The quantitative estimate of drug-likeness (QED) is 0.749. The third kappa shape index (κ3) is 1.64. The van der Waals surface area contributed by atoms with Gasteiger partial charge in [0.05, 0.1) is 17.9 Å². The van der Waals surface area contributed by atoms with E-state index in [2.05, 4.69) is 5.32 Å². The summed E-state index contributed by atoms with van der Waals surface area (Å²) in [7, 11) is 1.62. The molecule has 0 unspecified atom stereocenters. The molecule has 1 aromatic carbocycles. The summed E-state index contributed by atoms with van der Waals surface area (Å²) in [5, 5.41) is 2.58. The van der Waals surface area contributed by atoms with E-state index in [0.29, 0.717) is 24.3 Å². The van der Waals surface area contributed by atoms with Crippen LogP contribution in [0.15, 0.2) is 18.2 Å². The number of para-hydroxylation sites is 1. The molecular weight excluding hydrogens is 194 g/mol. The first kappa shape index (κ1) is 9.86. The van der Waals surface area contributed by atoms with E-state index in [0.717, 1.165) is 5.56 Å². The molecule has 0 saturated carbocycles. The first-order valence-corrected chi connectivity index (χ1v) is 4.70. The summed E-state index contributed by atoms with van der Waals surface area (Å²) in [6.45, 7) is 0.570. The minimum absolute atomic E-state index is 0.454. The average molecular weight is 205 g/mol. The summed E-state index contributed by atoms with van der Waals surface area (Å²) in [6, 6.07) is 5.32. The molecule has 4 nitrogen and oxygen atoms in total. The predicted octanol–water partition coefficient (Wildman–Crippen LogP) is 1.01. The van der Waals surface area contributed by atoms with Crippen LogP contribution in [0.1, 0.15) is 15.9 Å². The predicted molar refractivity (Wildman–Crippen MR) is 55.0 cm³/mol. The fourth-order valence-electron chi connectivity index (χ4n) is 1.65. The molecule has 0 saturated heterocycles. The largest absolute Gasteiger partial charge is 0.384 e. The highest BCUT2D eigenvalue weighted by molar-refractivity contribution is 6.51. The third-order valence-corrected chi connectivity index (χ3v) is 2.42. The molecule has 0 aliphatic carbocycles. The highest BCUT2D eigenvalue weighted by Gasteiger charge is 2.29. The summed E-state index contributed by atoms with van der Waals surface area (Å²) in [6.07, 6.45) is 0.688. The minimum atomic E-state index is -0.546. The Balaban J connectivity index is 2.36. The normalized spacial score (nSPS) is 13.9. The van der Waals surface area contributed by atoms with Crippen LogP contribution in [0, 0.1) is 0 Å². The zero-order valence-corrected chi connectivity index (χ0v) is 8.37. The molecule has 15 heavy (non-hydrogen) atoms. The first-order valence-electron chi connectivity index (χ1n) is 4.70. The van der Waals surface area contributed by atoms with Crippen molar-refractivity contribution >= 4 is 17.4 Å². The molecule has 0 bridgehead atoms. The monoisotopic (exact) mass is 205 g/mol. The molecule has 0 radical (unpaired) electrons. The Kier molecular flexibility index (Phi) is 2.51. The van der Waals surface area contributed by atoms with Gasteiger partial charge >= 0.3 is 0 Å². The van der Waals surface area contributed by atoms with Crippen LogP contribution in [0.25, 0.3) is 0 Å². The zero-order valence-electron chi connectivity index (χ0n) is 8.37. The Labute approximate surface area is 87.2 Å². The number of rotatable bonds is 3. The lowest BCUT2D eigenvalue weighted by molar-refractivity contribution is -0.112. The number of carbonyl (C=O) groups excluding carboxylic acids is 2. The van der Waals surface area contributed by atoms with Crippen molar-refractivity contribution < 1.29 is 14.3 Å². The number of hydrogen-bond donors (Lipinski definition) is 1. The second-order valence-corrected chi connectivity index (χ2v) is 3.37. The molecule has 1 heterocycles. The van der Waals surface area contributed by atoms with Crippen molar-refractivity contribution in [1.82, 2.24) is 0 Å². The van der Waals surface area contributed by atoms with Gasteiger partial charge in [0.1, 0.15) is 0 Å². The van der Waals surface area contributed by atoms with Crippen molar-refractivity contribution in [3.8, 4) is 0 Å². The van der Waals surface area contributed by atoms with E-state index in [1.165, 1.54) is 0 Å². The second-order valence-electron chi connectivity index (χ2n) is 3.37. The molecular formula is C11H11NO3. The standard InChI is InChI=1S/C11H11NO3/c1-15-6-5-7-3-2-4-8-9(7)12-11(14)10(8)13/h2-4H,5-6H2,1H3,(H,12,13,14). The lowest BCUT2D eigenvalue weighted by atomic mass is 10.0. The number of ketones is 1. The molecule has 1 aliphatic rings.